The average molecular weight is 250 g/mol. The van der Waals surface area contributed by atoms with E-state index < -0.39 is 0 Å². The van der Waals surface area contributed by atoms with Gasteiger partial charge < -0.3 is 4.90 Å². The average Bonchev–Trinajstić information content (AvgIpc) is 2.15. The van der Waals surface area contributed by atoms with Crippen LogP contribution in [0.2, 0.25) is 0 Å². The second kappa shape index (κ2) is 7.36. The Morgan fingerprint density at radius 1 is 1.23 bits per heavy atom. The van der Waals surface area contributed by atoms with Gasteiger partial charge in [-0.3, -0.25) is 4.79 Å². The van der Waals surface area contributed by atoms with Crippen molar-refractivity contribution in [1.82, 2.24) is 4.90 Å². The molecular formula is C10H20BrNO. The van der Waals surface area contributed by atoms with Crippen LogP contribution < -0.4 is 0 Å². The Hall–Kier alpha value is -0.0500. The monoisotopic (exact) mass is 249 g/mol. The molecule has 0 fully saturated rings. The molecule has 3 heteroatoms. The second-order valence-electron chi connectivity index (χ2n) is 3.20. The van der Waals surface area contributed by atoms with Crippen LogP contribution in [0.1, 0.15) is 40.0 Å². The highest BCUT2D eigenvalue weighted by atomic mass is 79.9. The SMILES string of the molecule is CCCN(CCC)C(=O)[C@H](Br)CC. The third-order valence-corrected chi connectivity index (χ3v) is 2.96. The van der Waals surface area contributed by atoms with Gasteiger partial charge in [-0.15, -0.1) is 0 Å². The van der Waals surface area contributed by atoms with Gasteiger partial charge in [0.25, 0.3) is 0 Å². The molecule has 0 bridgehead atoms. The van der Waals surface area contributed by atoms with Crippen LogP contribution in [0.5, 0.6) is 0 Å². The predicted molar refractivity (Wildman–Crippen MR) is 60.2 cm³/mol. The van der Waals surface area contributed by atoms with Crippen LogP contribution >= 0.6 is 15.9 Å². The lowest BCUT2D eigenvalue weighted by atomic mass is 10.2. The van der Waals surface area contributed by atoms with E-state index in [1.807, 2.05) is 11.8 Å². The molecule has 1 amide bonds. The number of rotatable bonds is 6. The van der Waals surface area contributed by atoms with Crippen molar-refractivity contribution in [3.05, 3.63) is 0 Å². The third-order valence-electron chi connectivity index (χ3n) is 1.93. The van der Waals surface area contributed by atoms with Gasteiger partial charge in [0.2, 0.25) is 5.91 Å². The highest BCUT2D eigenvalue weighted by Gasteiger charge is 2.18. The summed E-state index contributed by atoms with van der Waals surface area (Å²) in [7, 11) is 0. The quantitative estimate of drug-likeness (QED) is 0.664. The van der Waals surface area contributed by atoms with E-state index in [0.717, 1.165) is 32.4 Å². The first-order chi connectivity index (χ1) is 6.17. The smallest absolute Gasteiger partial charge is 0.236 e. The number of hydrogen-bond acceptors (Lipinski definition) is 1. The fourth-order valence-corrected chi connectivity index (χ4v) is 1.53. The number of alkyl halides is 1. The van der Waals surface area contributed by atoms with E-state index in [4.69, 9.17) is 0 Å². The molecule has 0 radical (unpaired) electrons. The fraction of sp³-hybridized carbons (Fsp3) is 0.900. The van der Waals surface area contributed by atoms with Crippen molar-refractivity contribution in [2.45, 2.75) is 44.9 Å². The summed E-state index contributed by atoms with van der Waals surface area (Å²) in [4.78, 5) is 13.7. The zero-order valence-electron chi connectivity index (χ0n) is 8.85. The Kier molecular flexibility index (Phi) is 7.33. The summed E-state index contributed by atoms with van der Waals surface area (Å²) >= 11 is 3.39. The van der Waals surface area contributed by atoms with Crippen molar-refractivity contribution >= 4 is 21.8 Å². The summed E-state index contributed by atoms with van der Waals surface area (Å²) in [5, 5.41) is 0. The highest BCUT2D eigenvalue weighted by Crippen LogP contribution is 2.09. The molecule has 1 atom stereocenters. The van der Waals surface area contributed by atoms with Gasteiger partial charge in [0.15, 0.2) is 0 Å². The molecule has 0 aromatic heterocycles. The van der Waals surface area contributed by atoms with Gasteiger partial charge in [-0.2, -0.15) is 0 Å². The van der Waals surface area contributed by atoms with Crippen molar-refractivity contribution in [1.29, 1.82) is 0 Å². The van der Waals surface area contributed by atoms with Crippen LogP contribution in [-0.2, 0) is 4.79 Å². The summed E-state index contributed by atoms with van der Waals surface area (Å²) in [6.45, 7) is 7.99. The van der Waals surface area contributed by atoms with Crippen molar-refractivity contribution in [3.8, 4) is 0 Å². The Balaban J connectivity index is 4.09. The molecule has 0 heterocycles. The summed E-state index contributed by atoms with van der Waals surface area (Å²) in [5.74, 6) is 0.242. The molecule has 0 spiro atoms. The maximum absolute atomic E-state index is 11.7. The van der Waals surface area contributed by atoms with Crippen molar-refractivity contribution in [3.63, 3.8) is 0 Å². The number of hydrogen-bond donors (Lipinski definition) is 0. The maximum Gasteiger partial charge on any atom is 0.236 e. The van der Waals surface area contributed by atoms with Crippen LogP contribution in [-0.4, -0.2) is 28.7 Å². The first kappa shape index (κ1) is 12.9. The minimum absolute atomic E-state index is 0.00519. The highest BCUT2D eigenvalue weighted by molar-refractivity contribution is 9.10. The largest absolute Gasteiger partial charge is 0.342 e. The number of carbonyl (C=O) groups excluding carboxylic acids is 1. The van der Waals surface area contributed by atoms with Gasteiger partial charge in [-0.1, -0.05) is 36.7 Å². The van der Waals surface area contributed by atoms with Gasteiger partial charge in [0, 0.05) is 13.1 Å². The Morgan fingerprint density at radius 2 is 1.69 bits per heavy atom. The van der Waals surface area contributed by atoms with E-state index in [-0.39, 0.29) is 10.7 Å². The lowest BCUT2D eigenvalue weighted by Gasteiger charge is -2.23. The minimum atomic E-state index is 0.00519. The Labute approximate surface area is 89.8 Å². The number of halogens is 1. The van der Waals surface area contributed by atoms with Gasteiger partial charge in [0.05, 0.1) is 4.83 Å². The molecule has 13 heavy (non-hydrogen) atoms. The Morgan fingerprint density at radius 3 is 2.00 bits per heavy atom. The molecular weight excluding hydrogens is 230 g/mol. The molecule has 78 valence electrons. The fourth-order valence-electron chi connectivity index (χ4n) is 1.24. The molecule has 0 rings (SSSR count). The van der Waals surface area contributed by atoms with Gasteiger partial charge >= 0.3 is 0 Å². The van der Waals surface area contributed by atoms with Gasteiger partial charge in [-0.05, 0) is 19.3 Å². The lowest BCUT2D eigenvalue weighted by Crippen LogP contribution is -2.37. The van der Waals surface area contributed by atoms with Crippen molar-refractivity contribution < 1.29 is 4.79 Å². The standard InChI is InChI=1S/C10H20BrNO/c1-4-7-12(8-5-2)10(13)9(11)6-3/h9H,4-8H2,1-3H3/t9-/m1/s1. The number of carbonyl (C=O) groups is 1. The van der Waals surface area contributed by atoms with E-state index >= 15 is 0 Å². The molecule has 0 unspecified atom stereocenters. The molecule has 0 saturated heterocycles. The Bertz CT molecular complexity index is 144. The van der Waals surface area contributed by atoms with Gasteiger partial charge in [-0.25, -0.2) is 0 Å². The van der Waals surface area contributed by atoms with Crippen LogP contribution in [0.15, 0.2) is 0 Å². The first-order valence-corrected chi connectivity index (χ1v) is 6.01. The topological polar surface area (TPSA) is 20.3 Å². The van der Waals surface area contributed by atoms with Crippen LogP contribution in [0.4, 0.5) is 0 Å². The maximum atomic E-state index is 11.7. The molecule has 2 nitrogen and oxygen atoms in total. The molecule has 0 aromatic rings. The first-order valence-electron chi connectivity index (χ1n) is 5.10. The zero-order chi connectivity index (χ0) is 10.3. The summed E-state index contributed by atoms with van der Waals surface area (Å²) in [6, 6.07) is 0. The van der Waals surface area contributed by atoms with Crippen molar-refractivity contribution in [2.75, 3.05) is 13.1 Å². The summed E-state index contributed by atoms with van der Waals surface area (Å²) < 4.78 is 0. The van der Waals surface area contributed by atoms with E-state index in [0.29, 0.717) is 0 Å². The van der Waals surface area contributed by atoms with E-state index in [9.17, 15) is 4.79 Å². The second-order valence-corrected chi connectivity index (χ2v) is 4.31. The minimum Gasteiger partial charge on any atom is -0.342 e. The van der Waals surface area contributed by atoms with E-state index in [1.54, 1.807) is 0 Å². The number of amides is 1. The molecule has 0 aromatic carbocycles. The third kappa shape index (κ3) is 4.65. The van der Waals surface area contributed by atoms with Gasteiger partial charge in [0.1, 0.15) is 0 Å². The molecule has 0 N–H and O–H groups in total. The molecule has 0 saturated carbocycles. The normalized spacial score (nSPS) is 12.6. The summed E-state index contributed by atoms with van der Waals surface area (Å²) in [5.41, 5.74) is 0. The number of nitrogens with zero attached hydrogens (tertiary/aromatic N) is 1. The summed E-state index contributed by atoms with van der Waals surface area (Å²) in [6.07, 6.45) is 2.94. The molecule has 0 aliphatic rings. The zero-order valence-corrected chi connectivity index (χ0v) is 10.4. The predicted octanol–water partition coefficient (Wildman–Crippen LogP) is 2.81. The van der Waals surface area contributed by atoms with E-state index in [1.165, 1.54) is 0 Å². The molecule has 0 aliphatic carbocycles. The van der Waals surface area contributed by atoms with Crippen LogP contribution in [0, 0.1) is 0 Å². The van der Waals surface area contributed by atoms with Crippen LogP contribution in [0.3, 0.4) is 0 Å². The molecule has 0 aliphatic heterocycles. The lowest BCUT2D eigenvalue weighted by molar-refractivity contribution is -0.130. The van der Waals surface area contributed by atoms with Crippen molar-refractivity contribution in [2.24, 2.45) is 0 Å². The van der Waals surface area contributed by atoms with Crippen LogP contribution in [0.25, 0.3) is 0 Å². The van der Waals surface area contributed by atoms with E-state index in [2.05, 4.69) is 29.8 Å².